The van der Waals surface area contributed by atoms with Gasteiger partial charge in [-0.3, -0.25) is 4.79 Å². The maximum Gasteiger partial charge on any atom is 0.241 e. The number of carbonyl (C=O) groups excluding carboxylic acids is 1. The molecule has 0 fully saturated rings. The number of carbonyl (C=O) groups is 1. The zero-order chi connectivity index (χ0) is 23.4. The molecule has 1 aliphatic heterocycles. The smallest absolute Gasteiger partial charge is 0.241 e. The minimum Gasteiger partial charge on any atom is -0.490 e. The summed E-state index contributed by atoms with van der Waals surface area (Å²) in [6, 6.07) is 10.6. The van der Waals surface area contributed by atoms with Gasteiger partial charge in [0.2, 0.25) is 15.9 Å². The van der Waals surface area contributed by atoms with Crippen LogP contribution in [0.5, 0.6) is 11.5 Å². The van der Waals surface area contributed by atoms with E-state index in [1.807, 2.05) is 31.2 Å². The third-order valence-corrected chi connectivity index (χ3v) is 6.73. The molecular weight excluding hydrogens is 446 g/mol. The van der Waals surface area contributed by atoms with Crippen molar-refractivity contribution in [3.05, 3.63) is 60.7 Å². The molecule has 0 spiro atoms. The summed E-state index contributed by atoms with van der Waals surface area (Å²) in [5.74, 6) is 0.428. The molecule has 174 valence electrons. The molecule has 2 atom stereocenters. The molecule has 33 heavy (non-hydrogen) atoms. The van der Waals surface area contributed by atoms with Gasteiger partial charge in [-0.05, 0) is 43.7 Å². The minimum absolute atomic E-state index is 0.00292. The Bertz CT molecular complexity index is 1210. The summed E-state index contributed by atoms with van der Waals surface area (Å²) in [6.45, 7) is 4.28. The monoisotopic (exact) mass is 471 g/mol. The lowest BCUT2D eigenvalue weighted by atomic mass is 10.1. The molecule has 0 bridgehead atoms. The number of nitrogens with one attached hydrogen (secondary N) is 2. The summed E-state index contributed by atoms with van der Waals surface area (Å²) in [6.07, 6.45) is 3.76. The largest absolute Gasteiger partial charge is 0.490 e. The SMILES string of the molecule is CC(NC(=O)[C@H](C)NS(=O)(=O)c1ccc2c(c1)OCCCO2)c1ccc(-n2cncn2)cc1. The van der Waals surface area contributed by atoms with Crippen LogP contribution in [0.1, 0.15) is 31.9 Å². The molecule has 1 aromatic heterocycles. The molecular formula is C22H25N5O5S. The van der Waals surface area contributed by atoms with Crippen LogP contribution in [0.4, 0.5) is 0 Å². The Hall–Kier alpha value is -3.44. The van der Waals surface area contributed by atoms with Crippen molar-refractivity contribution < 1.29 is 22.7 Å². The van der Waals surface area contributed by atoms with Crippen LogP contribution < -0.4 is 19.5 Å². The van der Waals surface area contributed by atoms with Gasteiger partial charge in [0.25, 0.3) is 0 Å². The Kier molecular flexibility index (Phi) is 6.61. The lowest BCUT2D eigenvalue weighted by molar-refractivity contribution is -0.123. The molecule has 0 aliphatic carbocycles. The van der Waals surface area contributed by atoms with Crippen LogP contribution >= 0.6 is 0 Å². The van der Waals surface area contributed by atoms with E-state index in [0.29, 0.717) is 31.1 Å². The predicted molar refractivity (Wildman–Crippen MR) is 120 cm³/mol. The van der Waals surface area contributed by atoms with Crippen molar-refractivity contribution >= 4 is 15.9 Å². The fraction of sp³-hybridized carbons (Fsp3) is 0.318. The van der Waals surface area contributed by atoms with Crippen molar-refractivity contribution in [2.45, 2.75) is 37.2 Å². The Balaban J connectivity index is 1.39. The predicted octanol–water partition coefficient (Wildman–Crippen LogP) is 1.97. The van der Waals surface area contributed by atoms with Crippen molar-refractivity contribution in [1.29, 1.82) is 0 Å². The number of fused-ring (bicyclic) bond motifs is 1. The van der Waals surface area contributed by atoms with Crippen molar-refractivity contribution in [2.75, 3.05) is 13.2 Å². The maximum atomic E-state index is 12.8. The van der Waals surface area contributed by atoms with Gasteiger partial charge < -0.3 is 14.8 Å². The zero-order valence-corrected chi connectivity index (χ0v) is 19.1. The first-order valence-corrected chi connectivity index (χ1v) is 12.0. The number of rotatable bonds is 7. The van der Waals surface area contributed by atoms with E-state index in [1.165, 1.54) is 25.4 Å². The normalized spacial score (nSPS) is 15.3. The third kappa shape index (κ3) is 5.32. The quantitative estimate of drug-likeness (QED) is 0.540. The minimum atomic E-state index is -3.94. The standard InChI is InChI=1S/C22H25N5O5S/c1-15(17-4-6-18(7-5-17)27-14-23-13-24-27)25-22(28)16(2)26-33(29,30)19-8-9-20-21(12-19)32-11-3-10-31-20/h4-9,12-16,26H,3,10-11H2,1-2H3,(H,25,28)/t15?,16-/m0/s1. The highest BCUT2D eigenvalue weighted by Gasteiger charge is 2.25. The van der Waals surface area contributed by atoms with Gasteiger partial charge in [0.15, 0.2) is 11.5 Å². The van der Waals surface area contributed by atoms with Crippen molar-refractivity contribution in [3.8, 4) is 17.2 Å². The fourth-order valence-corrected chi connectivity index (χ4v) is 4.56. The number of amides is 1. The first-order valence-electron chi connectivity index (χ1n) is 10.5. The summed E-state index contributed by atoms with van der Waals surface area (Å²) >= 11 is 0. The number of benzene rings is 2. The molecule has 1 unspecified atom stereocenters. The summed E-state index contributed by atoms with van der Waals surface area (Å²) in [5, 5.41) is 6.91. The molecule has 0 radical (unpaired) electrons. The van der Waals surface area contributed by atoms with Crippen molar-refractivity contribution in [3.63, 3.8) is 0 Å². The fourth-order valence-electron chi connectivity index (χ4n) is 3.34. The Labute approximate surface area is 192 Å². The van der Waals surface area contributed by atoms with Crippen LogP contribution in [-0.4, -0.2) is 48.3 Å². The van der Waals surface area contributed by atoms with E-state index in [0.717, 1.165) is 11.3 Å². The van der Waals surface area contributed by atoms with E-state index in [-0.39, 0.29) is 10.9 Å². The van der Waals surface area contributed by atoms with Gasteiger partial charge >= 0.3 is 0 Å². The lowest BCUT2D eigenvalue weighted by Gasteiger charge is -2.19. The highest BCUT2D eigenvalue weighted by atomic mass is 32.2. The van der Waals surface area contributed by atoms with Gasteiger partial charge in [-0.1, -0.05) is 12.1 Å². The van der Waals surface area contributed by atoms with Gasteiger partial charge in [-0.25, -0.2) is 18.1 Å². The van der Waals surface area contributed by atoms with Crippen LogP contribution in [0, 0.1) is 0 Å². The Morgan fingerprint density at radius 1 is 1.06 bits per heavy atom. The van der Waals surface area contributed by atoms with Gasteiger partial charge in [0, 0.05) is 12.5 Å². The van der Waals surface area contributed by atoms with E-state index in [2.05, 4.69) is 20.1 Å². The van der Waals surface area contributed by atoms with E-state index in [1.54, 1.807) is 17.1 Å². The van der Waals surface area contributed by atoms with Crippen LogP contribution in [0.15, 0.2) is 60.0 Å². The molecule has 2 aromatic carbocycles. The highest BCUT2D eigenvalue weighted by molar-refractivity contribution is 7.89. The second kappa shape index (κ2) is 9.59. The van der Waals surface area contributed by atoms with Gasteiger partial charge in [-0.15, -0.1) is 0 Å². The maximum absolute atomic E-state index is 12.8. The molecule has 1 aliphatic rings. The summed E-state index contributed by atoms with van der Waals surface area (Å²) in [7, 11) is -3.94. The van der Waals surface area contributed by atoms with Crippen LogP contribution in [-0.2, 0) is 14.8 Å². The summed E-state index contributed by atoms with van der Waals surface area (Å²) in [4.78, 5) is 16.6. The van der Waals surface area contributed by atoms with E-state index >= 15 is 0 Å². The Morgan fingerprint density at radius 2 is 1.79 bits per heavy atom. The topological polar surface area (TPSA) is 124 Å². The molecule has 3 aromatic rings. The third-order valence-electron chi connectivity index (χ3n) is 5.19. The molecule has 1 amide bonds. The van der Waals surface area contributed by atoms with Crippen LogP contribution in [0.2, 0.25) is 0 Å². The average molecular weight is 472 g/mol. The van der Waals surface area contributed by atoms with Gasteiger partial charge in [0.1, 0.15) is 12.7 Å². The first kappa shape index (κ1) is 22.7. The van der Waals surface area contributed by atoms with E-state index < -0.39 is 22.0 Å². The number of ether oxygens (including phenoxy) is 2. The van der Waals surface area contributed by atoms with E-state index in [4.69, 9.17) is 9.47 Å². The second-order valence-corrected chi connectivity index (χ2v) is 9.38. The number of aromatic nitrogens is 3. The van der Waals surface area contributed by atoms with E-state index in [9.17, 15) is 13.2 Å². The molecule has 2 heterocycles. The second-order valence-electron chi connectivity index (χ2n) is 7.66. The molecule has 10 nitrogen and oxygen atoms in total. The number of hydrogen-bond acceptors (Lipinski definition) is 7. The van der Waals surface area contributed by atoms with Gasteiger partial charge in [-0.2, -0.15) is 9.82 Å². The molecule has 0 saturated carbocycles. The summed E-state index contributed by atoms with van der Waals surface area (Å²) in [5.41, 5.74) is 1.70. The van der Waals surface area contributed by atoms with Crippen LogP contribution in [0.3, 0.4) is 0 Å². The molecule has 2 N–H and O–H groups in total. The molecule has 4 rings (SSSR count). The lowest BCUT2D eigenvalue weighted by Crippen LogP contribution is -2.45. The molecule has 11 heteroatoms. The highest BCUT2D eigenvalue weighted by Crippen LogP contribution is 2.31. The zero-order valence-electron chi connectivity index (χ0n) is 18.3. The van der Waals surface area contributed by atoms with Crippen LogP contribution in [0.25, 0.3) is 5.69 Å². The van der Waals surface area contributed by atoms with Gasteiger partial charge in [0.05, 0.1) is 35.9 Å². The Morgan fingerprint density at radius 3 is 2.48 bits per heavy atom. The number of sulfonamides is 1. The average Bonchev–Trinajstić information content (AvgIpc) is 3.24. The van der Waals surface area contributed by atoms with Crippen molar-refractivity contribution in [2.24, 2.45) is 0 Å². The number of hydrogen-bond donors (Lipinski definition) is 2. The number of nitrogens with zero attached hydrogens (tertiary/aromatic N) is 3. The molecule has 0 saturated heterocycles. The summed E-state index contributed by atoms with van der Waals surface area (Å²) < 4.78 is 40.8. The first-order chi connectivity index (χ1) is 15.8. The van der Waals surface area contributed by atoms with Crippen molar-refractivity contribution in [1.82, 2.24) is 24.8 Å².